The topological polar surface area (TPSA) is 63.2 Å². The Morgan fingerprint density at radius 1 is 1.44 bits per heavy atom. The van der Waals surface area contributed by atoms with E-state index < -0.39 is 12.3 Å². The molecule has 0 amide bonds. The van der Waals surface area contributed by atoms with Crippen LogP contribution in [0, 0.1) is 5.92 Å². The maximum Gasteiger partial charge on any atom is 0.373 e. The average molecular weight is 258 g/mol. The Kier molecular flexibility index (Phi) is 4.57. The second-order valence-corrected chi connectivity index (χ2v) is 3.98. The van der Waals surface area contributed by atoms with E-state index >= 15 is 0 Å². The number of hydrogen-bond donors (Lipinski definition) is 0. The lowest BCUT2D eigenvalue weighted by Gasteiger charge is -2.38. The Bertz CT molecular complexity index is 327. The van der Waals surface area contributed by atoms with Gasteiger partial charge in [0, 0.05) is 6.61 Å². The lowest BCUT2D eigenvalue weighted by Crippen LogP contribution is -2.47. The number of carbonyl (C=O) groups is 1. The first-order chi connectivity index (χ1) is 8.76. The van der Waals surface area contributed by atoms with Gasteiger partial charge in [-0.2, -0.15) is 0 Å². The molecule has 0 unspecified atom stereocenters. The number of ether oxygens (including phenoxy) is 5. The van der Waals surface area contributed by atoms with Crippen molar-refractivity contribution >= 4 is 5.97 Å². The fourth-order valence-corrected chi connectivity index (χ4v) is 1.99. The molecule has 6 nitrogen and oxygen atoms in total. The fraction of sp³-hybridized carbons (Fsp3) is 0.750. The molecule has 0 aromatic carbocycles. The monoisotopic (exact) mass is 258 g/mol. The molecule has 0 spiro atoms. The van der Waals surface area contributed by atoms with Gasteiger partial charge >= 0.3 is 5.97 Å². The Balaban J connectivity index is 2.13. The third-order valence-corrected chi connectivity index (χ3v) is 2.79. The zero-order valence-electron chi connectivity index (χ0n) is 10.6. The lowest BCUT2D eigenvalue weighted by atomic mass is 9.98. The normalized spacial score (nSPS) is 31.0. The smallest absolute Gasteiger partial charge is 0.373 e. The number of esters is 1. The van der Waals surface area contributed by atoms with Crippen molar-refractivity contribution in [3.05, 3.63) is 11.8 Å². The third kappa shape index (κ3) is 2.82. The number of rotatable bonds is 4. The summed E-state index contributed by atoms with van der Waals surface area (Å²) in [5.41, 5.74) is 0. The Morgan fingerprint density at radius 3 is 3.00 bits per heavy atom. The molecule has 6 heteroatoms. The zero-order chi connectivity index (χ0) is 13.0. The van der Waals surface area contributed by atoms with Gasteiger partial charge in [0.2, 0.25) is 12.0 Å². The highest BCUT2D eigenvalue weighted by atomic mass is 16.8. The summed E-state index contributed by atoms with van der Waals surface area (Å²) in [4.78, 5) is 11.7. The molecule has 0 saturated carbocycles. The second kappa shape index (κ2) is 6.17. The van der Waals surface area contributed by atoms with Gasteiger partial charge in [-0.3, -0.25) is 0 Å². The number of hydrogen-bond acceptors (Lipinski definition) is 6. The highest BCUT2D eigenvalue weighted by Gasteiger charge is 2.40. The Labute approximate surface area is 106 Å². The van der Waals surface area contributed by atoms with Crippen LogP contribution < -0.4 is 0 Å². The Morgan fingerprint density at radius 2 is 2.28 bits per heavy atom. The first kappa shape index (κ1) is 13.3. The summed E-state index contributed by atoms with van der Waals surface area (Å²) in [5, 5.41) is 0. The molecule has 2 rings (SSSR count). The maximum atomic E-state index is 11.7. The van der Waals surface area contributed by atoms with Gasteiger partial charge in [-0.05, 0) is 19.9 Å². The van der Waals surface area contributed by atoms with Crippen LogP contribution in [-0.4, -0.2) is 45.0 Å². The molecule has 2 aliphatic heterocycles. The largest absolute Gasteiger partial charge is 0.460 e. The van der Waals surface area contributed by atoms with E-state index in [-0.39, 0.29) is 24.6 Å². The van der Waals surface area contributed by atoms with Crippen molar-refractivity contribution in [2.45, 2.75) is 26.2 Å². The molecule has 0 bridgehead atoms. The molecule has 0 aliphatic carbocycles. The fourth-order valence-electron chi connectivity index (χ4n) is 1.99. The van der Waals surface area contributed by atoms with E-state index in [2.05, 4.69) is 0 Å². The van der Waals surface area contributed by atoms with Crippen LogP contribution in [0.3, 0.4) is 0 Å². The first-order valence-corrected chi connectivity index (χ1v) is 6.12. The van der Waals surface area contributed by atoms with E-state index in [0.29, 0.717) is 19.8 Å². The third-order valence-electron chi connectivity index (χ3n) is 2.79. The average Bonchev–Trinajstić information content (AvgIpc) is 2.39. The van der Waals surface area contributed by atoms with E-state index in [1.165, 1.54) is 0 Å². The van der Waals surface area contributed by atoms with E-state index in [4.69, 9.17) is 23.7 Å². The minimum atomic E-state index is -0.514. The summed E-state index contributed by atoms with van der Waals surface area (Å²) in [5.74, 6) is -0.397. The lowest BCUT2D eigenvalue weighted by molar-refractivity contribution is -0.274. The summed E-state index contributed by atoms with van der Waals surface area (Å²) in [6, 6.07) is 0. The van der Waals surface area contributed by atoms with Crippen molar-refractivity contribution in [1.82, 2.24) is 0 Å². The second-order valence-electron chi connectivity index (χ2n) is 3.98. The van der Waals surface area contributed by atoms with Crippen LogP contribution >= 0.6 is 0 Å². The van der Waals surface area contributed by atoms with Gasteiger partial charge in [0.25, 0.3) is 0 Å². The van der Waals surface area contributed by atoms with Crippen molar-refractivity contribution < 1.29 is 28.5 Å². The minimum absolute atomic E-state index is 0.0584. The molecular formula is C12H18O6. The van der Waals surface area contributed by atoms with Gasteiger partial charge in [-0.1, -0.05) is 0 Å². The van der Waals surface area contributed by atoms with Crippen LogP contribution in [0.25, 0.3) is 0 Å². The van der Waals surface area contributed by atoms with E-state index in [1.807, 2.05) is 6.92 Å². The molecule has 2 heterocycles. The van der Waals surface area contributed by atoms with E-state index in [0.717, 1.165) is 0 Å². The summed E-state index contributed by atoms with van der Waals surface area (Å²) < 4.78 is 26.6. The standard InChI is InChI=1S/C12H18O6/c1-3-15-9-5-10(11(13)16-4-2)18-12-8(9)6-14-7-17-12/h5,8-9,12H,3-4,6-7H2,1-2H3/t8-,9-,12+/m1/s1. The first-order valence-electron chi connectivity index (χ1n) is 6.12. The zero-order valence-corrected chi connectivity index (χ0v) is 10.6. The SMILES string of the molecule is CCOC(=O)C1=C[C@@H](OCC)[C@H]2COCO[C@H]2O1. The quantitative estimate of drug-likeness (QED) is 0.695. The van der Waals surface area contributed by atoms with Crippen LogP contribution in [0.2, 0.25) is 0 Å². The maximum absolute atomic E-state index is 11.7. The highest BCUT2D eigenvalue weighted by molar-refractivity contribution is 5.86. The van der Waals surface area contributed by atoms with Gasteiger partial charge in [0.15, 0.2) is 6.79 Å². The molecule has 0 aromatic heterocycles. The predicted octanol–water partition coefficient (Wildman–Crippen LogP) is 0.815. The molecule has 18 heavy (non-hydrogen) atoms. The van der Waals surface area contributed by atoms with Crippen molar-refractivity contribution in [1.29, 1.82) is 0 Å². The van der Waals surface area contributed by atoms with E-state index in [1.54, 1.807) is 13.0 Å². The van der Waals surface area contributed by atoms with Gasteiger partial charge in [-0.25, -0.2) is 4.79 Å². The number of fused-ring (bicyclic) bond motifs is 1. The molecule has 3 atom stereocenters. The highest BCUT2D eigenvalue weighted by Crippen LogP contribution is 2.30. The predicted molar refractivity (Wildman–Crippen MR) is 60.4 cm³/mol. The van der Waals surface area contributed by atoms with Crippen molar-refractivity contribution in [3.8, 4) is 0 Å². The summed E-state index contributed by atoms with van der Waals surface area (Å²) >= 11 is 0. The number of carbonyl (C=O) groups excluding carboxylic acids is 1. The van der Waals surface area contributed by atoms with Gasteiger partial charge in [-0.15, -0.1) is 0 Å². The minimum Gasteiger partial charge on any atom is -0.460 e. The van der Waals surface area contributed by atoms with Crippen LogP contribution in [0.1, 0.15) is 13.8 Å². The summed E-state index contributed by atoms with van der Waals surface area (Å²) in [7, 11) is 0. The Hall–Kier alpha value is -1.11. The van der Waals surface area contributed by atoms with Crippen LogP contribution in [-0.2, 0) is 28.5 Å². The van der Waals surface area contributed by atoms with Gasteiger partial charge in [0.05, 0.1) is 25.2 Å². The summed E-state index contributed by atoms with van der Waals surface area (Å²) in [6.45, 7) is 5.14. The molecule has 0 N–H and O–H groups in total. The van der Waals surface area contributed by atoms with Crippen molar-refractivity contribution in [2.24, 2.45) is 5.92 Å². The van der Waals surface area contributed by atoms with Crippen LogP contribution in [0.15, 0.2) is 11.8 Å². The van der Waals surface area contributed by atoms with E-state index in [9.17, 15) is 4.79 Å². The van der Waals surface area contributed by atoms with Gasteiger partial charge in [0.1, 0.15) is 0 Å². The van der Waals surface area contributed by atoms with Crippen LogP contribution in [0.4, 0.5) is 0 Å². The van der Waals surface area contributed by atoms with Crippen LogP contribution in [0.5, 0.6) is 0 Å². The molecule has 1 fully saturated rings. The molecule has 102 valence electrons. The van der Waals surface area contributed by atoms with Crippen molar-refractivity contribution in [3.63, 3.8) is 0 Å². The summed E-state index contributed by atoms with van der Waals surface area (Å²) in [6.07, 6.45) is 0.869. The molecular weight excluding hydrogens is 240 g/mol. The molecule has 1 saturated heterocycles. The molecule has 0 aromatic rings. The molecule has 0 radical (unpaired) electrons. The molecule has 2 aliphatic rings. The van der Waals surface area contributed by atoms with Crippen molar-refractivity contribution in [2.75, 3.05) is 26.6 Å². The van der Waals surface area contributed by atoms with Gasteiger partial charge < -0.3 is 23.7 Å².